The van der Waals surface area contributed by atoms with E-state index in [-0.39, 0.29) is 5.69 Å². The minimum Gasteiger partial charge on any atom is -0.477 e. The molecule has 2 aromatic rings. The molecule has 0 bridgehead atoms. The van der Waals surface area contributed by atoms with Crippen LogP contribution in [-0.2, 0) is 6.54 Å². The van der Waals surface area contributed by atoms with Gasteiger partial charge >= 0.3 is 5.97 Å². The second-order valence-electron chi connectivity index (χ2n) is 3.49. The van der Waals surface area contributed by atoms with Crippen molar-refractivity contribution in [3.05, 3.63) is 53.6 Å². The fourth-order valence-corrected chi connectivity index (χ4v) is 1.58. The van der Waals surface area contributed by atoms with E-state index in [1.54, 1.807) is 29.0 Å². The molecule has 17 heavy (non-hydrogen) atoms. The van der Waals surface area contributed by atoms with Crippen LogP contribution in [0.2, 0.25) is 0 Å². The van der Waals surface area contributed by atoms with Gasteiger partial charge in [0.05, 0.1) is 0 Å². The average molecular weight is 227 g/mol. The van der Waals surface area contributed by atoms with E-state index in [2.05, 4.69) is 4.98 Å². The first-order valence-electron chi connectivity index (χ1n) is 4.94. The number of pyridine rings is 1. The van der Waals surface area contributed by atoms with Crippen molar-refractivity contribution in [2.24, 2.45) is 0 Å². The molecule has 1 N–H and O–H groups in total. The zero-order chi connectivity index (χ0) is 12.3. The van der Waals surface area contributed by atoms with Crippen molar-refractivity contribution in [1.29, 1.82) is 5.26 Å². The predicted molar refractivity (Wildman–Crippen MR) is 59.4 cm³/mol. The van der Waals surface area contributed by atoms with Crippen molar-refractivity contribution < 1.29 is 9.90 Å². The highest BCUT2D eigenvalue weighted by molar-refractivity contribution is 5.85. The largest absolute Gasteiger partial charge is 0.477 e. The smallest absolute Gasteiger partial charge is 0.352 e. The monoisotopic (exact) mass is 227 g/mol. The SMILES string of the molecule is N#Cc1cc(Cn2cccc2C(=O)O)ccn1. The van der Waals surface area contributed by atoms with Crippen molar-refractivity contribution in [3.63, 3.8) is 0 Å². The molecule has 0 aliphatic rings. The Labute approximate surface area is 97.6 Å². The molecule has 0 aliphatic carbocycles. The molecule has 0 atom stereocenters. The van der Waals surface area contributed by atoms with Crippen LogP contribution in [0.5, 0.6) is 0 Å². The number of carboxylic acids is 1. The number of nitriles is 1. The number of carboxylic acid groups (broad SMARTS) is 1. The van der Waals surface area contributed by atoms with E-state index in [1.807, 2.05) is 6.07 Å². The quantitative estimate of drug-likeness (QED) is 0.861. The number of nitrogens with zero attached hydrogens (tertiary/aromatic N) is 3. The fourth-order valence-electron chi connectivity index (χ4n) is 1.58. The molecule has 5 nitrogen and oxygen atoms in total. The molecule has 0 spiro atoms. The summed E-state index contributed by atoms with van der Waals surface area (Å²) in [5.41, 5.74) is 1.39. The summed E-state index contributed by atoms with van der Waals surface area (Å²) in [6.07, 6.45) is 3.23. The lowest BCUT2D eigenvalue weighted by Gasteiger charge is -2.06. The summed E-state index contributed by atoms with van der Waals surface area (Å²) in [7, 11) is 0. The maximum Gasteiger partial charge on any atom is 0.352 e. The maximum atomic E-state index is 10.9. The Morgan fingerprint density at radius 1 is 1.53 bits per heavy atom. The Hall–Kier alpha value is -2.61. The third-order valence-electron chi connectivity index (χ3n) is 2.34. The molecule has 5 heteroatoms. The third kappa shape index (κ3) is 2.32. The van der Waals surface area contributed by atoms with Crippen molar-refractivity contribution >= 4 is 5.97 Å². The highest BCUT2D eigenvalue weighted by Crippen LogP contribution is 2.08. The van der Waals surface area contributed by atoms with Gasteiger partial charge in [-0.25, -0.2) is 9.78 Å². The molecular weight excluding hydrogens is 218 g/mol. The second-order valence-corrected chi connectivity index (χ2v) is 3.49. The minimum absolute atomic E-state index is 0.223. The van der Waals surface area contributed by atoms with E-state index in [0.717, 1.165) is 5.56 Å². The summed E-state index contributed by atoms with van der Waals surface area (Å²) < 4.78 is 1.61. The van der Waals surface area contributed by atoms with Gasteiger partial charge in [0, 0.05) is 18.9 Å². The van der Waals surface area contributed by atoms with E-state index >= 15 is 0 Å². The second kappa shape index (κ2) is 4.49. The maximum absolute atomic E-state index is 10.9. The Morgan fingerprint density at radius 3 is 3.06 bits per heavy atom. The number of carbonyl (C=O) groups is 1. The molecular formula is C12H9N3O2. The number of hydrogen-bond acceptors (Lipinski definition) is 3. The molecule has 0 amide bonds. The molecule has 0 radical (unpaired) electrons. The van der Waals surface area contributed by atoms with Gasteiger partial charge in [-0.05, 0) is 29.8 Å². The molecule has 84 valence electrons. The molecule has 2 heterocycles. The van der Waals surface area contributed by atoms with Crippen LogP contribution in [0.15, 0.2) is 36.7 Å². The summed E-state index contributed by atoms with van der Waals surface area (Å²) in [6.45, 7) is 0.409. The van der Waals surface area contributed by atoms with E-state index in [4.69, 9.17) is 10.4 Å². The summed E-state index contributed by atoms with van der Waals surface area (Å²) in [6, 6.07) is 8.56. The first kappa shape index (κ1) is 10.9. The zero-order valence-corrected chi connectivity index (χ0v) is 8.87. The molecule has 0 unspecified atom stereocenters. The van der Waals surface area contributed by atoms with Gasteiger partial charge in [0.25, 0.3) is 0 Å². The minimum atomic E-state index is -0.968. The van der Waals surface area contributed by atoms with Crippen LogP contribution in [-0.4, -0.2) is 20.6 Å². The predicted octanol–water partition coefficient (Wildman–Crippen LogP) is 1.50. The van der Waals surface area contributed by atoms with Crippen LogP contribution in [0.3, 0.4) is 0 Å². The summed E-state index contributed by atoms with van der Waals surface area (Å²) >= 11 is 0. The first-order valence-corrected chi connectivity index (χ1v) is 4.94. The zero-order valence-electron chi connectivity index (χ0n) is 8.87. The summed E-state index contributed by atoms with van der Waals surface area (Å²) in [5.74, 6) is -0.968. The molecule has 0 saturated heterocycles. The molecule has 0 aliphatic heterocycles. The molecule has 0 fully saturated rings. The first-order chi connectivity index (χ1) is 8.20. The van der Waals surface area contributed by atoms with Gasteiger partial charge in [0.2, 0.25) is 0 Å². The van der Waals surface area contributed by atoms with Crippen LogP contribution < -0.4 is 0 Å². The topological polar surface area (TPSA) is 78.9 Å². The Kier molecular flexibility index (Phi) is 2.88. The van der Waals surface area contributed by atoms with Crippen LogP contribution in [0.4, 0.5) is 0 Å². The molecule has 2 aromatic heterocycles. The normalized spacial score (nSPS) is 9.82. The highest BCUT2D eigenvalue weighted by Gasteiger charge is 2.08. The number of aromatic nitrogens is 2. The van der Waals surface area contributed by atoms with E-state index in [1.165, 1.54) is 12.3 Å². The number of rotatable bonds is 3. The van der Waals surface area contributed by atoms with Gasteiger partial charge in [0.15, 0.2) is 0 Å². The van der Waals surface area contributed by atoms with Crippen LogP contribution in [0.1, 0.15) is 21.7 Å². The lowest BCUT2D eigenvalue weighted by atomic mass is 10.2. The van der Waals surface area contributed by atoms with Crippen LogP contribution in [0, 0.1) is 11.3 Å². The van der Waals surface area contributed by atoms with Gasteiger partial charge in [0.1, 0.15) is 17.5 Å². The molecule has 0 saturated carbocycles. The molecule has 2 rings (SSSR count). The average Bonchev–Trinajstić information content (AvgIpc) is 2.77. The number of aromatic carboxylic acids is 1. The lowest BCUT2D eigenvalue weighted by molar-refractivity contribution is 0.0685. The number of hydrogen-bond donors (Lipinski definition) is 1. The van der Waals surface area contributed by atoms with Gasteiger partial charge in [-0.1, -0.05) is 0 Å². The molecule has 0 aromatic carbocycles. The van der Waals surface area contributed by atoms with Crippen molar-refractivity contribution in [3.8, 4) is 6.07 Å². The van der Waals surface area contributed by atoms with Gasteiger partial charge in [-0.2, -0.15) is 5.26 Å². The van der Waals surface area contributed by atoms with Crippen LogP contribution in [0.25, 0.3) is 0 Å². The Balaban J connectivity index is 2.29. The van der Waals surface area contributed by atoms with Crippen molar-refractivity contribution in [2.45, 2.75) is 6.54 Å². The van der Waals surface area contributed by atoms with Crippen molar-refractivity contribution in [2.75, 3.05) is 0 Å². The fraction of sp³-hybridized carbons (Fsp3) is 0.0833. The van der Waals surface area contributed by atoms with Gasteiger partial charge < -0.3 is 9.67 Å². The lowest BCUT2D eigenvalue weighted by Crippen LogP contribution is -2.08. The standard InChI is InChI=1S/C12H9N3O2/c13-7-10-6-9(3-4-14-10)8-15-5-1-2-11(15)12(16)17/h1-6H,8H2,(H,16,17). The van der Waals surface area contributed by atoms with Crippen molar-refractivity contribution in [1.82, 2.24) is 9.55 Å². The van der Waals surface area contributed by atoms with Crippen LogP contribution >= 0.6 is 0 Å². The van der Waals surface area contributed by atoms with E-state index < -0.39 is 5.97 Å². The summed E-state index contributed by atoms with van der Waals surface area (Å²) in [4.78, 5) is 14.8. The highest BCUT2D eigenvalue weighted by atomic mass is 16.4. The Bertz CT molecular complexity index is 596. The van der Waals surface area contributed by atoms with Gasteiger partial charge in [-0.15, -0.1) is 0 Å². The Morgan fingerprint density at radius 2 is 2.35 bits per heavy atom. The van der Waals surface area contributed by atoms with Gasteiger partial charge in [-0.3, -0.25) is 0 Å². The summed E-state index contributed by atoms with van der Waals surface area (Å²) in [5, 5.41) is 17.7. The van der Waals surface area contributed by atoms with E-state index in [9.17, 15) is 4.79 Å². The van der Waals surface area contributed by atoms with E-state index in [0.29, 0.717) is 12.2 Å². The third-order valence-corrected chi connectivity index (χ3v) is 2.34.